The number of phenolic OH excluding ortho intramolecular Hbond substituents is 1. The van der Waals surface area contributed by atoms with Crippen LogP contribution in [0.1, 0.15) is 115 Å². The molecule has 0 unspecified atom stereocenters. The molecule has 0 aliphatic heterocycles. The summed E-state index contributed by atoms with van der Waals surface area (Å²) in [5, 5.41) is 9.11. The predicted molar refractivity (Wildman–Crippen MR) is 127 cm³/mol. The van der Waals surface area contributed by atoms with Gasteiger partial charge in [-0.15, -0.1) is 0 Å². The summed E-state index contributed by atoms with van der Waals surface area (Å²) in [5.41, 5.74) is 7.20. The maximum atomic E-state index is 9.11. The zero-order chi connectivity index (χ0) is 21.9. The molecule has 0 aromatic heterocycles. The van der Waals surface area contributed by atoms with Gasteiger partial charge in [0.05, 0.1) is 0 Å². The SMILES string of the molecule is CC.CCc1c(C(C)C)cc(C(C)C)cc1C(C)C.CCc1ccccc1O. The summed E-state index contributed by atoms with van der Waals surface area (Å²) in [5.74, 6) is 2.28. The molecule has 1 nitrogen and oxygen atoms in total. The van der Waals surface area contributed by atoms with Gasteiger partial charge in [0.2, 0.25) is 0 Å². The Bertz CT molecular complexity index is 651. The van der Waals surface area contributed by atoms with Crippen molar-refractivity contribution in [1.82, 2.24) is 0 Å². The molecule has 0 spiro atoms. The van der Waals surface area contributed by atoms with Crippen molar-refractivity contribution in [3.63, 3.8) is 0 Å². The van der Waals surface area contributed by atoms with Crippen molar-refractivity contribution in [3.05, 3.63) is 64.2 Å². The molecule has 0 radical (unpaired) electrons. The lowest BCUT2D eigenvalue weighted by atomic mass is 9.83. The molecular weight excluding hydrogens is 340 g/mol. The lowest BCUT2D eigenvalue weighted by Gasteiger charge is -2.22. The maximum absolute atomic E-state index is 9.11. The molecule has 2 rings (SSSR count). The molecule has 28 heavy (non-hydrogen) atoms. The van der Waals surface area contributed by atoms with Crippen LogP contribution in [0.4, 0.5) is 0 Å². The van der Waals surface area contributed by atoms with Crippen LogP contribution in [0.5, 0.6) is 5.75 Å². The molecule has 0 aliphatic rings. The van der Waals surface area contributed by atoms with Crippen molar-refractivity contribution in [2.45, 2.75) is 99.8 Å². The fraction of sp³-hybridized carbons (Fsp3) is 0.556. The van der Waals surface area contributed by atoms with Gasteiger partial charge in [-0.1, -0.05) is 99.6 Å². The highest BCUT2D eigenvalue weighted by atomic mass is 16.3. The van der Waals surface area contributed by atoms with E-state index in [4.69, 9.17) is 5.11 Å². The van der Waals surface area contributed by atoms with Gasteiger partial charge in [-0.3, -0.25) is 0 Å². The van der Waals surface area contributed by atoms with Gasteiger partial charge in [-0.05, 0) is 64.5 Å². The van der Waals surface area contributed by atoms with E-state index in [9.17, 15) is 0 Å². The van der Waals surface area contributed by atoms with Gasteiger partial charge in [-0.25, -0.2) is 0 Å². The van der Waals surface area contributed by atoms with Crippen LogP contribution in [0.2, 0.25) is 0 Å². The van der Waals surface area contributed by atoms with E-state index in [1.807, 2.05) is 39.0 Å². The highest BCUT2D eigenvalue weighted by Crippen LogP contribution is 2.32. The number of hydrogen-bond acceptors (Lipinski definition) is 1. The van der Waals surface area contributed by atoms with Crippen LogP contribution in [0.15, 0.2) is 36.4 Å². The van der Waals surface area contributed by atoms with Crippen molar-refractivity contribution >= 4 is 0 Å². The molecule has 0 bridgehead atoms. The third kappa shape index (κ3) is 7.70. The second-order valence-corrected chi connectivity index (χ2v) is 7.98. The molecule has 158 valence electrons. The molecule has 1 heteroatoms. The molecule has 2 aromatic rings. The van der Waals surface area contributed by atoms with Gasteiger partial charge >= 0.3 is 0 Å². The predicted octanol–water partition coefficient (Wildman–Crippen LogP) is 8.60. The highest BCUT2D eigenvalue weighted by Gasteiger charge is 2.15. The van der Waals surface area contributed by atoms with Crippen molar-refractivity contribution in [3.8, 4) is 5.75 Å². The smallest absolute Gasteiger partial charge is 0.118 e. The standard InChI is InChI=1S/C17H28.C8H10O.C2H6/c1-8-15-16(12(4)5)9-14(11(2)3)10-17(15)13(6)7;1-2-7-5-3-4-6-8(7)9;1-2/h9-13H,8H2,1-7H3;3-6,9H,2H2,1H3;1-2H3. The average molecular weight is 385 g/mol. The van der Waals surface area contributed by atoms with E-state index in [2.05, 4.69) is 60.6 Å². The molecular formula is C27H44O. The van der Waals surface area contributed by atoms with Crippen molar-refractivity contribution < 1.29 is 5.11 Å². The Morgan fingerprint density at radius 1 is 0.714 bits per heavy atom. The first-order valence-corrected chi connectivity index (χ1v) is 11.2. The van der Waals surface area contributed by atoms with Crippen LogP contribution in [0.3, 0.4) is 0 Å². The summed E-state index contributed by atoms with van der Waals surface area (Å²) >= 11 is 0. The Morgan fingerprint density at radius 2 is 1.18 bits per heavy atom. The molecule has 0 heterocycles. The number of aryl methyl sites for hydroxylation is 1. The maximum Gasteiger partial charge on any atom is 0.118 e. The number of phenols is 1. The zero-order valence-electron chi connectivity index (χ0n) is 20.1. The van der Waals surface area contributed by atoms with E-state index in [-0.39, 0.29) is 0 Å². The monoisotopic (exact) mass is 384 g/mol. The number of para-hydroxylation sites is 1. The minimum atomic E-state index is 0.403. The fourth-order valence-electron chi connectivity index (χ4n) is 3.32. The summed E-state index contributed by atoms with van der Waals surface area (Å²) in [7, 11) is 0. The number of aromatic hydroxyl groups is 1. The Hall–Kier alpha value is -1.76. The normalized spacial score (nSPS) is 10.5. The molecule has 0 atom stereocenters. The van der Waals surface area contributed by atoms with E-state index in [1.54, 1.807) is 22.8 Å². The second kappa shape index (κ2) is 13.4. The summed E-state index contributed by atoms with van der Waals surface area (Å²) in [4.78, 5) is 0. The van der Waals surface area contributed by atoms with Gasteiger partial charge in [0, 0.05) is 0 Å². The largest absolute Gasteiger partial charge is 0.508 e. The molecule has 0 saturated carbocycles. The van der Waals surface area contributed by atoms with Crippen LogP contribution in [-0.2, 0) is 12.8 Å². The number of hydrogen-bond donors (Lipinski definition) is 1. The fourth-order valence-corrected chi connectivity index (χ4v) is 3.32. The topological polar surface area (TPSA) is 20.2 Å². The lowest BCUT2D eigenvalue weighted by molar-refractivity contribution is 0.469. The van der Waals surface area contributed by atoms with Crippen molar-refractivity contribution in [1.29, 1.82) is 0 Å². The van der Waals surface area contributed by atoms with E-state index in [0.29, 0.717) is 23.5 Å². The van der Waals surface area contributed by atoms with Gasteiger partial charge in [0.1, 0.15) is 5.75 Å². The second-order valence-electron chi connectivity index (χ2n) is 7.98. The minimum absolute atomic E-state index is 0.403. The number of benzene rings is 2. The summed E-state index contributed by atoms with van der Waals surface area (Å²) in [6.07, 6.45) is 2.05. The molecule has 0 fully saturated rings. The quantitative estimate of drug-likeness (QED) is 0.547. The van der Waals surface area contributed by atoms with E-state index >= 15 is 0 Å². The summed E-state index contributed by atoms with van der Waals surface area (Å²) in [6.45, 7) is 22.1. The van der Waals surface area contributed by atoms with Crippen LogP contribution in [0, 0.1) is 0 Å². The van der Waals surface area contributed by atoms with E-state index in [0.717, 1.165) is 18.4 Å². The van der Waals surface area contributed by atoms with Crippen LogP contribution in [-0.4, -0.2) is 5.11 Å². The van der Waals surface area contributed by atoms with E-state index in [1.165, 1.54) is 5.56 Å². The first-order chi connectivity index (χ1) is 13.2. The van der Waals surface area contributed by atoms with Crippen LogP contribution >= 0.6 is 0 Å². The van der Waals surface area contributed by atoms with E-state index < -0.39 is 0 Å². The molecule has 0 amide bonds. The first kappa shape index (κ1) is 26.2. The Labute approximate surface area is 175 Å². The van der Waals surface area contributed by atoms with Gasteiger partial charge in [0.25, 0.3) is 0 Å². The zero-order valence-corrected chi connectivity index (χ0v) is 20.1. The number of rotatable bonds is 5. The van der Waals surface area contributed by atoms with Gasteiger partial charge < -0.3 is 5.11 Å². The van der Waals surface area contributed by atoms with Crippen LogP contribution < -0.4 is 0 Å². The molecule has 1 N–H and O–H groups in total. The highest BCUT2D eigenvalue weighted by molar-refractivity contribution is 5.43. The van der Waals surface area contributed by atoms with Crippen molar-refractivity contribution in [2.24, 2.45) is 0 Å². The molecule has 2 aromatic carbocycles. The summed E-state index contributed by atoms with van der Waals surface area (Å²) in [6, 6.07) is 12.3. The average Bonchev–Trinajstić information content (AvgIpc) is 2.69. The third-order valence-electron chi connectivity index (χ3n) is 4.98. The third-order valence-corrected chi connectivity index (χ3v) is 4.98. The molecule has 0 saturated heterocycles. The molecule has 0 aliphatic carbocycles. The summed E-state index contributed by atoms with van der Waals surface area (Å²) < 4.78 is 0. The first-order valence-electron chi connectivity index (χ1n) is 11.2. The Balaban J connectivity index is 0.000000556. The minimum Gasteiger partial charge on any atom is -0.508 e. The van der Waals surface area contributed by atoms with Gasteiger partial charge in [-0.2, -0.15) is 0 Å². The lowest BCUT2D eigenvalue weighted by Crippen LogP contribution is -2.05. The van der Waals surface area contributed by atoms with Crippen LogP contribution in [0.25, 0.3) is 0 Å². The van der Waals surface area contributed by atoms with Crippen molar-refractivity contribution in [2.75, 3.05) is 0 Å². The Morgan fingerprint density at radius 3 is 1.46 bits per heavy atom. The Kier molecular flexibility index (Phi) is 12.6. The van der Waals surface area contributed by atoms with Gasteiger partial charge in [0.15, 0.2) is 0 Å².